The third kappa shape index (κ3) is 5.95. The molecule has 0 aliphatic carbocycles. The van der Waals surface area contributed by atoms with Crippen molar-refractivity contribution in [2.24, 2.45) is 5.92 Å². The third-order valence-electron chi connectivity index (χ3n) is 7.57. The molecule has 0 radical (unpaired) electrons. The van der Waals surface area contributed by atoms with Crippen LogP contribution < -0.4 is 10.0 Å². The number of aryl methyl sites for hydroxylation is 2. The summed E-state index contributed by atoms with van der Waals surface area (Å²) in [6, 6.07) is 16.4. The Kier molecular flexibility index (Phi) is 7.73. The number of carbonyl (C=O) groups excluding carboxylic acids is 1. The van der Waals surface area contributed by atoms with Crippen molar-refractivity contribution in [1.29, 1.82) is 0 Å². The number of sulfonamides is 1. The van der Waals surface area contributed by atoms with Crippen LogP contribution in [0.2, 0.25) is 0 Å². The minimum atomic E-state index is -3.46. The van der Waals surface area contributed by atoms with Gasteiger partial charge in [-0.25, -0.2) is 13.1 Å². The Morgan fingerprint density at radius 2 is 1.92 bits per heavy atom. The normalized spacial score (nSPS) is 18.9. The number of aromatic nitrogens is 2. The average Bonchev–Trinajstić information content (AvgIpc) is 3.56. The Hall–Kier alpha value is -3.01. The zero-order valence-electron chi connectivity index (χ0n) is 21.1. The first kappa shape index (κ1) is 25.6. The number of benzene rings is 2. The highest BCUT2D eigenvalue weighted by Gasteiger charge is 2.29. The summed E-state index contributed by atoms with van der Waals surface area (Å²) in [4.78, 5) is 15.3. The lowest BCUT2D eigenvalue weighted by Crippen LogP contribution is -2.32. The molecule has 2 N–H and O–H groups in total. The van der Waals surface area contributed by atoms with Gasteiger partial charge in [0.15, 0.2) is 0 Å². The number of rotatable bonds is 9. The second-order valence-electron chi connectivity index (χ2n) is 10.1. The number of hydrogen-bond donors (Lipinski definition) is 2. The fraction of sp³-hybridized carbons (Fsp3) is 0.429. The fourth-order valence-electron chi connectivity index (χ4n) is 5.44. The molecular weight excluding hydrogens is 486 g/mol. The van der Waals surface area contributed by atoms with Crippen LogP contribution in [0.15, 0.2) is 60.5 Å². The van der Waals surface area contributed by atoms with Gasteiger partial charge in [0, 0.05) is 48.5 Å². The van der Waals surface area contributed by atoms with Crippen LogP contribution in [0.5, 0.6) is 0 Å². The lowest BCUT2D eigenvalue weighted by molar-refractivity contribution is 0.0787. The minimum absolute atomic E-state index is 0.00993. The molecule has 37 heavy (non-hydrogen) atoms. The lowest BCUT2D eigenvalue weighted by Gasteiger charge is -2.21. The van der Waals surface area contributed by atoms with E-state index in [1.165, 1.54) is 5.56 Å². The summed E-state index contributed by atoms with van der Waals surface area (Å²) < 4.78 is 28.0. The van der Waals surface area contributed by atoms with Gasteiger partial charge in [-0.05, 0) is 68.5 Å². The number of nitrogens with one attached hydrogen (secondary N) is 2. The summed E-state index contributed by atoms with van der Waals surface area (Å²) in [6.07, 6.45) is 3.74. The zero-order chi connectivity index (χ0) is 25.8. The van der Waals surface area contributed by atoms with Crippen LogP contribution in [0.4, 0.5) is 0 Å². The molecule has 2 aliphatic heterocycles. The van der Waals surface area contributed by atoms with Crippen LogP contribution >= 0.6 is 0 Å². The van der Waals surface area contributed by atoms with E-state index in [0.717, 1.165) is 67.3 Å². The van der Waals surface area contributed by atoms with E-state index in [1.807, 2.05) is 29.2 Å². The van der Waals surface area contributed by atoms with E-state index in [0.29, 0.717) is 31.1 Å². The van der Waals surface area contributed by atoms with Gasteiger partial charge in [0.05, 0.1) is 11.2 Å². The molecule has 1 aromatic heterocycles. The highest BCUT2D eigenvalue weighted by atomic mass is 32.2. The van der Waals surface area contributed by atoms with Crippen LogP contribution in [-0.4, -0.2) is 61.7 Å². The Morgan fingerprint density at radius 1 is 1.14 bits per heavy atom. The Morgan fingerprint density at radius 3 is 2.68 bits per heavy atom. The SMILES string of the molecule is C=CS(=O)(=O)NC[C@H]1CCN(C(=O)c2ccc3c(c2)c(C2CCNCC2)nn3CCc2ccccc2)C1. The fourth-order valence-corrected chi connectivity index (χ4v) is 6.03. The molecule has 1 atom stereocenters. The van der Waals surface area contributed by atoms with E-state index in [-0.39, 0.29) is 11.8 Å². The molecular formula is C28H35N5O3S. The molecule has 0 spiro atoms. The maximum Gasteiger partial charge on any atom is 0.253 e. The standard InChI is InChI=1S/C28H35N5O3S/c1-2-37(35,36)30-19-22-12-16-32(20-22)28(34)24-8-9-26-25(18-24)27(23-10-14-29-15-11-23)31-33(26)17-13-21-6-4-3-5-7-21/h2-9,18,22-23,29-30H,1,10-17,19-20H2/t22-/m1/s1. The Labute approximate surface area is 218 Å². The third-order valence-corrected chi connectivity index (χ3v) is 8.58. The summed E-state index contributed by atoms with van der Waals surface area (Å²) in [5.41, 5.74) is 4.11. The van der Waals surface area contributed by atoms with Crippen molar-refractivity contribution in [3.8, 4) is 0 Å². The molecule has 2 aromatic carbocycles. The van der Waals surface area contributed by atoms with Gasteiger partial charge in [0.1, 0.15) is 0 Å². The number of amides is 1. The average molecular weight is 522 g/mol. The largest absolute Gasteiger partial charge is 0.338 e. The second kappa shape index (κ2) is 11.2. The Bertz CT molecular complexity index is 1360. The number of likely N-dealkylation sites (tertiary alicyclic amines) is 1. The maximum atomic E-state index is 13.4. The van der Waals surface area contributed by atoms with Crippen molar-refractivity contribution in [3.63, 3.8) is 0 Å². The van der Waals surface area contributed by atoms with Gasteiger partial charge in [-0.2, -0.15) is 5.10 Å². The van der Waals surface area contributed by atoms with Crippen molar-refractivity contribution in [2.45, 2.75) is 38.1 Å². The highest BCUT2D eigenvalue weighted by molar-refractivity contribution is 7.92. The van der Waals surface area contributed by atoms with E-state index in [1.54, 1.807) is 0 Å². The first-order valence-electron chi connectivity index (χ1n) is 13.1. The summed E-state index contributed by atoms with van der Waals surface area (Å²) in [6.45, 7) is 7.54. The predicted octanol–water partition coefficient (Wildman–Crippen LogP) is 3.27. The number of hydrogen-bond acceptors (Lipinski definition) is 5. The summed E-state index contributed by atoms with van der Waals surface area (Å²) >= 11 is 0. The lowest BCUT2D eigenvalue weighted by atomic mass is 9.92. The first-order chi connectivity index (χ1) is 17.9. The number of fused-ring (bicyclic) bond motifs is 1. The molecule has 9 heteroatoms. The van der Waals surface area contributed by atoms with Gasteiger partial charge in [-0.3, -0.25) is 9.48 Å². The molecule has 2 fully saturated rings. The van der Waals surface area contributed by atoms with Crippen molar-refractivity contribution < 1.29 is 13.2 Å². The smallest absolute Gasteiger partial charge is 0.253 e. The van der Waals surface area contributed by atoms with Crippen LogP contribution in [0, 0.1) is 5.92 Å². The van der Waals surface area contributed by atoms with Gasteiger partial charge in [-0.15, -0.1) is 0 Å². The van der Waals surface area contributed by atoms with Crippen molar-refractivity contribution in [1.82, 2.24) is 24.7 Å². The highest BCUT2D eigenvalue weighted by Crippen LogP contribution is 2.32. The Balaban J connectivity index is 1.36. The molecule has 0 bridgehead atoms. The molecule has 8 nitrogen and oxygen atoms in total. The van der Waals surface area contributed by atoms with Gasteiger partial charge >= 0.3 is 0 Å². The van der Waals surface area contributed by atoms with E-state index >= 15 is 0 Å². The molecule has 5 rings (SSSR count). The van der Waals surface area contributed by atoms with Crippen LogP contribution in [0.3, 0.4) is 0 Å². The van der Waals surface area contributed by atoms with Crippen molar-refractivity contribution in [3.05, 3.63) is 77.3 Å². The van der Waals surface area contributed by atoms with E-state index in [2.05, 4.69) is 45.6 Å². The van der Waals surface area contributed by atoms with Crippen LogP contribution in [-0.2, 0) is 23.0 Å². The van der Waals surface area contributed by atoms with Crippen LogP contribution in [0.25, 0.3) is 10.9 Å². The quantitative estimate of drug-likeness (QED) is 0.451. The maximum absolute atomic E-state index is 13.4. The molecule has 0 saturated carbocycles. The van der Waals surface area contributed by atoms with E-state index < -0.39 is 10.0 Å². The van der Waals surface area contributed by atoms with Crippen molar-refractivity contribution in [2.75, 3.05) is 32.7 Å². The van der Waals surface area contributed by atoms with E-state index in [9.17, 15) is 13.2 Å². The molecule has 3 aromatic rings. The van der Waals surface area contributed by atoms with E-state index in [4.69, 9.17) is 5.10 Å². The topological polar surface area (TPSA) is 96.3 Å². The number of piperidine rings is 1. The molecule has 2 aliphatic rings. The second-order valence-corrected chi connectivity index (χ2v) is 11.8. The van der Waals surface area contributed by atoms with Gasteiger partial charge in [0.25, 0.3) is 5.91 Å². The van der Waals surface area contributed by atoms with Crippen LogP contribution in [0.1, 0.15) is 46.8 Å². The monoisotopic (exact) mass is 521 g/mol. The minimum Gasteiger partial charge on any atom is -0.338 e. The predicted molar refractivity (Wildman–Crippen MR) is 146 cm³/mol. The van der Waals surface area contributed by atoms with Gasteiger partial charge in [-0.1, -0.05) is 36.9 Å². The molecule has 3 heterocycles. The zero-order valence-corrected chi connectivity index (χ0v) is 21.9. The first-order valence-corrected chi connectivity index (χ1v) is 14.6. The van der Waals surface area contributed by atoms with Crippen molar-refractivity contribution >= 4 is 26.8 Å². The molecule has 196 valence electrons. The van der Waals surface area contributed by atoms with Gasteiger partial charge in [0.2, 0.25) is 10.0 Å². The number of nitrogens with zero attached hydrogens (tertiary/aromatic N) is 3. The van der Waals surface area contributed by atoms with Gasteiger partial charge < -0.3 is 10.2 Å². The summed E-state index contributed by atoms with van der Waals surface area (Å²) in [7, 11) is -3.46. The number of carbonyl (C=O) groups is 1. The summed E-state index contributed by atoms with van der Waals surface area (Å²) in [5, 5.41) is 10.5. The molecule has 1 amide bonds. The molecule has 2 saturated heterocycles. The summed E-state index contributed by atoms with van der Waals surface area (Å²) in [5.74, 6) is 0.457. The molecule has 0 unspecified atom stereocenters.